The molecule has 0 spiro atoms. The third-order valence-electron chi connectivity index (χ3n) is 2.52. The number of hydrogen-bond donors (Lipinski definition) is 2. The van der Waals surface area contributed by atoms with E-state index in [-0.39, 0.29) is 23.3 Å². The average molecular weight is 286 g/mol. The van der Waals surface area contributed by atoms with Crippen molar-refractivity contribution >= 4 is 17.6 Å². The number of esters is 1. The molecule has 4 nitrogen and oxygen atoms in total. The molecule has 1 rings (SSSR count). The summed E-state index contributed by atoms with van der Waals surface area (Å²) in [4.78, 5) is 12.0. The number of hydrogen-bond acceptors (Lipinski definition) is 4. The van der Waals surface area contributed by atoms with Gasteiger partial charge in [-0.05, 0) is 44.9 Å². The van der Waals surface area contributed by atoms with Crippen LogP contribution in [-0.2, 0) is 16.0 Å². The van der Waals surface area contributed by atoms with Gasteiger partial charge in [-0.25, -0.2) is 0 Å². The van der Waals surface area contributed by atoms with E-state index in [2.05, 4.69) is 0 Å². The molecule has 0 saturated heterocycles. The second-order valence-electron chi connectivity index (χ2n) is 5.46. The molecule has 106 valence electrons. The third kappa shape index (κ3) is 5.09. The van der Waals surface area contributed by atoms with E-state index in [0.29, 0.717) is 6.42 Å². The first-order chi connectivity index (χ1) is 8.73. The standard InChI is InChI=1S/C14H20ClNO3/c1-14(2,3)19-13(18)10(8-16)6-9-4-5-12(17)11(15)7-9/h4-5,7,10,17H,6,8,16H2,1-3H3. The van der Waals surface area contributed by atoms with Crippen LogP contribution in [0.4, 0.5) is 0 Å². The lowest BCUT2D eigenvalue weighted by Crippen LogP contribution is -2.33. The number of ether oxygens (including phenoxy) is 1. The molecule has 0 amide bonds. The van der Waals surface area contributed by atoms with Crippen molar-refractivity contribution in [3.8, 4) is 5.75 Å². The Morgan fingerprint density at radius 3 is 2.58 bits per heavy atom. The van der Waals surface area contributed by atoms with E-state index >= 15 is 0 Å². The molecule has 0 saturated carbocycles. The van der Waals surface area contributed by atoms with Crippen LogP contribution >= 0.6 is 11.6 Å². The minimum absolute atomic E-state index is 0.0204. The Labute approximate surface area is 118 Å². The number of phenolic OH excluding ortho intramolecular Hbond substituents is 1. The SMILES string of the molecule is CC(C)(C)OC(=O)C(CN)Cc1ccc(O)c(Cl)c1. The second-order valence-corrected chi connectivity index (χ2v) is 5.86. The van der Waals surface area contributed by atoms with Crippen LogP contribution in [0.1, 0.15) is 26.3 Å². The molecule has 1 aromatic carbocycles. The number of halogens is 1. The predicted molar refractivity (Wildman–Crippen MR) is 75.2 cm³/mol. The number of aromatic hydroxyl groups is 1. The molecule has 3 N–H and O–H groups in total. The van der Waals surface area contributed by atoms with E-state index in [0.717, 1.165) is 5.56 Å². The van der Waals surface area contributed by atoms with Crippen molar-refractivity contribution in [2.24, 2.45) is 11.7 Å². The first kappa shape index (κ1) is 15.8. The molecule has 1 atom stereocenters. The van der Waals surface area contributed by atoms with Gasteiger partial charge >= 0.3 is 5.97 Å². The van der Waals surface area contributed by atoms with Gasteiger partial charge in [-0.2, -0.15) is 0 Å². The lowest BCUT2D eigenvalue weighted by Gasteiger charge is -2.23. The minimum Gasteiger partial charge on any atom is -0.506 e. The number of carbonyl (C=O) groups is 1. The molecular weight excluding hydrogens is 266 g/mol. The zero-order chi connectivity index (χ0) is 14.6. The molecule has 1 unspecified atom stereocenters. The molecule has 0 radical (unpaired) electrons. The smallest absolute Gasteiger partial charge is 0.311 e. The number of rotatable bonds is 4. The average Bonchev–Trinajstić information content (AvgIpc) is 2.28. The predicted octanol–water partition coefficient (Wildman–Crippen LogP) is 2.50. The lowest BCUT2D eigenvalue weighted by atomic mass is 9.99. The monoisotopic (exact) mass is 285 g/mol. The van der Waals surface area contributed by atoms with Gasteiger partial charge in [0.2, 0.25) is 0 Å². The van der Waals surface area contributed by atoms with Gasteiger partial charge in [-0.15, -0.1) is 0 Å². The number of nitrogens with two attached hydrogens (primary N) is 1. The zero-order valence-electron chi connectivity index (χ0n) is 11.4. The normalized spacial score (nSPS) is 13.1. The summed E-state index contributed by atoms with van der Waals surface area (Å²) in [5.41, 5.74) is 5.93. The van der Waals surface area contributed by atoms with Crippen molar-refractivity contribution in [2.75, 3.05) is 6.54 Å². The number of carbonyl (C=O) groups excluding carboxylic acids is 1. The van der Waals surface area contributed by atoms with Crippen LogP contribution in [0, 0.1) is 5.92 Å². The summed E-state index contributed by atoms with van der Waals surface area (Å²) in [7, 11) is 0. The Bertz CT molecular complexity index is 454. The van der Waals surface area contributed by atoms with Gasteiger partial charge in [0, 0.05) is 6.54 Å². The van der Waals surface area contributed by atoms with Crippen molar-refractivity contribution in [2.45, 2.75) is 32.8 Å². The van der Waals surface area contributed by atoms with E-state index in [4.69, 9.17) is 22.1 Å². The summed E-state index contributed by atoms with van der Waals surface area (Å²) in [6, 6.07) is 4.85. The molecule has 0 aliphatic rings. The van der Waals surface area contributed by atoms with Crippen LogP contribution in [0.15, 0.2) is 18.2 Å². The van der Waals surface area contributed by atoms with Crippen LogP contribution in [-0.4, -0.2) is 23.2 Å². The molecule has 5 heteroatoms. The Kier molecular flexibility index (Phi) is 5.20. The number of phenols is 1. The van der Waals surface area contributed by atoms with E-state index < -0.39 is 11.5 Å². The Hall–Kier alpha value is -1.26. The van der Waals surface area contributed by atoms with Crippen LogP contribution in [0.3, 0.4) is 0 Å². The van der Waals surface area contributed by atoms with E-state index in [1.807, 2.05) is 20.8 Å². The van der Waals surface area contributed by atoms with Gasteiger partial charge in [-0.3, -0.25) is 4.79 Å². The molecule has 0 heterocycles. The topological polar surface area (TPSA) is 72.5 Å². The fraction of sp³-hybridized carbons (Fsp3) is 0.500. The van der Waals surface area contributed by atoms with Crippen LogP contribution < -0.4 is 5.73 Å². The summed E-state index contributed by atoms with van der Waals surface area (Å²) < 4.78 is 5.32. The highest BCUT2D eigenvalue weighted by Gasteiger charge is 2.24. The Morgan fingerprint density at radius 1 is 1.47 bits per heavy atom. The zero-order valence-corrected chi connectivity index (χ0v) is 12.2. The van der Waals surface area contributed by atoms with Gasteiger partial charge < -0.3 is 15.6 Å². The largest absolute Gasteiger partial charge is 0.506 e. The van der Waals surface area contributed by atoms with Crippen LogP contribution in [0.5, 0.6) is 5.75 Å². The van der Waals surface area contributed by atoms with Crippen LogP contribution in [0.25, 0.3) is 0 Å². The maximum Gasteiger partial charge on any atom is 0.311 e. The summed E-state index contributed by atoms with van der Waals surface area (Å²) in [5.74, 6) is -0.717. The minimum atomic E-state index is -0.531. The highest BCUT2D eigenvalue weighted by Crippen LogP contribution is 2.25. The summed E-state index contributed by atoms with van der Waals surface area (Å²) in [6.07, 6.45) is 0.436. The third-order valence-corrected chi connectivity index (χ3v) is 2.82. The quantitative estimate of drug-likeness (QED) is 0.834. The van der Waals surface area contributed by atoms with Crippen molar-refractivity contribution in [3.05, 3.63) is 28.8 Å². The highest BCUT2D eigenvalue weighted by atomic mass is 35.5. The van der Waals surface area contributed by atoms with Gasteiger partial charge in [-0.1, -0.05) is 17.7 Å². The second kappa shape index (κ2) is 6.26. The molecular formula is C14H20ClNO3. The van der Waals surface area contributed by atoms with Gasteiger partial charge in [0.1, 0.15) is 11.4 Å². The molecule has 1 aromatic rings. The molecule has 0 fully saturated rings. The Balaban J connectivity index is 2.76. The molecule has 0 aliphatic carbocycles. The molecule has 0 bridgehead atoms. The lowest BCUT2D eigenvalue weighted by molar-refractivity contribution is -0.159. The number of benzene rings is 1. The molecule has 0 aromatic heterocycles. The van der Waals surface area contributed by atoms with E-state index in [1.54, 1.807) is 12.1 Å². The first-order valence-corrected chi connectivity index (χ1v) is 6.51. The summed E-state index contributed by atoms with van der Waals surface area (Å²) >= 11 is 5.83. The van der Waals surface area contributed by atoms with Crippen LogP contribution in [0.2, 0.25) is 5.02 Å². The van der Waals surface area contributed by atoms with Gasteiger partial charge in [0.15, 0.2) is 0 Å². The fourth-order valence-corrected chi connectivity index (χ4v) is 1.81. The maximum atomic E-state index is 12.0. The summed E-state index contributed by atoms with van der Waals surface area (Å²) in [5, 5.41) is 9.61. The first-order valence-electron chi connectivity index (χ1n) is 6.13. The van der Waals surface area contributed by atoms with Gasteiger partial charge in [0.25, 0.3) is 0 Å². The molecule has 0 aliphatic heterocycles. The van der Waals surface area contributed by atoms with E-state index in [9.17, 15) is 9.90 Å². The van der Waals surface area contributed by atoms with Gasteiger partial charge in [0.05, 0.1) is 10.9 Å². The van der Waals surface area contributed by atoms with Crippen molar-refractivity contribution in [1.82, 2.24) is 0 Å². The fourth-order valence-electron chi connectivity index (χ4n) is 1.61. The Morgan fingerprint density at radius 2 is 2.11 bits per heavy atom. The molecule has 19 heavy (non-hydrogen) atoms. The maximum absolute atomic E-state index is 12.0. The summed E-state index contributed by atoms with van der Waals surface area (Å²) in [6.45, 7) is 5.65. The van der Waals surface area contributed by atoms with Crippen molar-refractivity contribution in [1.29, 1.82) is 0 Å². The van der Waals surface area contributed by atoms with Crippen molar-refractivity contribution < 1.29 is 14.6 Å². The highest BCUT2D eigenvalue weighted by molar-refractivity contribution is 6.32. The van der Waals surface area contributed by atoms with Crippen molar-refractivity contribution in [3.63, 3.8) is 0 Å². The van der Waals surface area contributed by atoms with E-state index in [1.165, 1.54) is 6.07 Å².